The summed E-state index contributed by atoms with van der Waals surface area (Å²) in [5, 5.41) is 15.5. The molecular weight excluding hydrogens is 539 g/mol. The van der Waals surface area contributed by atoms with E-state index in [1.165, 1.54) is 24.7 Å². The van der Waals surface area contributed by atoms with Crippen molar-refractivity contribution in [2.75, 3.05) is 0 Å². The van der Waals surface area contributed by atoms with Crippen LogP contribution in [0.4, 0.5) is 8.78 Å². The molecule has 0 aliphatic heterocycles. The van der Waals surface area contributed by atoms with Crippen LogP contribution in [0.25, 0.3) is 46.2 Å². The Hall–Kier alpha value is -5.07. The zero-order valence-corrected chi connectivity index (χ0v) is 20.2. The van der Waals surface area contributed by atoms with Gasteiger partial charge in [-0.1, -0.05) is 0 Å². The maximum absolute atomic E-state index is 14.5. The maximum atomic E-state index is 14.5. The largest absolute Gasteiger partial charge is 0.510 e. The molecule has 4 aromatic heterocycles. The normalized spacial score (nSPS) is 11.6. The predicted molar refractivity (Wildman–Crippen MR) is 128 cm³/mol. The van der Waals surface area contributed by atoms with E-state index in [4.69, 9.17) is 32.2 Å². The second-order valence-corrected chi connectivity index (χ2v) is 9.24. The molecule has 0 radical (unpaired) electrons. The summed E-state index contributed by atoms with van der Waals surface area (Å²) in [6.45, 7) is 0. The average Bonchev–Trinajstić information content (AvgIpc) is 3.73. The van der Waals surface area contributed by atoms with E-state index in [2.05, 4.69) is 20.4 Å². The van der Waals surface area contributed by atoms with Gasteiger partial charge in [-0.2, -0.15) is 0 Å². The highest BCUT2D eigenvalue weighted by atomic mass is 31.2. The zero-order valence-electron chi connectivity index (χ0n) is 19.4. The van der Waals surface area contributed by atoms with Crippen molar-refractivity contribution in [3.8, 4) is 57.7 Å². The number of hydrogen-bond donors (Lipinski definition) is 1. The van der Waals surface area contributed by atoms with Crippen LogP contribution < -0.4 is 14.6 Å². The summed E-state index contributed by atoms with van der Waals surface area (Å²) >= 11 is 0. The monoisotopic (exact) mass is 553 g/mol. The van der Waals surface area contributed by atoms with Crippen molar-refractivity contribution in [2.24, 2.45) is 5.50 Å². The van der Waals surface area contributed by atoms with Crippen molar-refractivity contribution >= 4 is 7.75 Å². The molecule has 0 aliphatic rings. The van der Waals surface area contributed by atoms with Crippen molar-refractivity contribution in [2.45, 2.75) is 0 Å². The fourth-order valence-electron chi connectivity index (χ4n) is 3.38. The van der Waals surface area contributed by atoms with E-state index in [0.29, 0.717) is 11.5 Å². The molecule has 0 unspecified atom stereocenters. The molecule has 15 heteroatoms. The molecule has 0 bridgehead atoms. The van der Waals surface area contributed by atoms with Crippen molar-refractivity contribution in [3.63, 3.8) is 0 Å². The molecule has 0 aliphatic carbocycles. The number of nitrogens with zero attached hydrogens (tertiary/aromatic N) is 4. The lowest BCUT2D eigenvalue weighted by Gasteiger charge is -2.16. The third kappa shape index (κ3) is 5.06. The van der Waals surface area contributed by atoms with E-state index in [-0.39, 0.29) is 34.7 Å². The maximum Gasteiger partial charge on any atom is 0.510 e. The van der Waals surface area contributed by atoms with Crippen LogP contribution in [0.2, 0.25) is 0 Å². The number of rotatable bonds is 8. The van der Waals surface area contributed by atoms with E-state index in [0.717, 1.165) is 24.3 Å². The fraction of sp³-hybridized carbons (Fsp3) is 0. The third-order valence-electron chi connectivity index (χ3n) is 5.12. The van der Waals surface area contributed by atoms with Gasteiger partial charge in [0.2, 0.25) is 11.8 Å². The Bertz CT molecular complexity index is 1670. The van der Waals surface area contributed by atoms with Crippen LogP contribution in [0.1, 0.15) is 0 Å². The molecule has 0 saturated carbocycles. The molecule has 0 saturated heterocycles. The van der Waals surface area contributed by atoms with E-state index in [1.807, 2.05) is 0 Å². The summed E-state index contributed by atoms with van der Waals surface area (Å²) in [6, 6.07) is 13.4. The van der Waals surface area contributed by atoms with Crippen LogP contribution in [-0.4, -0.2) is 20.4 Å². The topological polar surface area (TPSA) is 166 Å². The minimum atomic E-state index is -4.62. The molecule has 4 heterocycles. The highest BCUT2D eigenvalue weighted by Crippen LogP contribution is 2.44. The van der Waals surface area contributed by atoms with E-state index in [9.17, 15) is 13.3 Å². The first kappa shape index (κ1) is 24.3. The molecule has 0 amide bonds. The fourth-order valence-corrected chi connectivity index (χ4v) is 4.25. The number of nitrogens with two attached hydrogens (primary N) is 1. The second kappa shape index (κ2) is 9.67. The lowest BCUT2D eigenvalue weighted by Crippen LogP contribution is -2.10. The number of benzene rings is 2. The van der Waals surface area contributed by atoms with E-state index < -0.39 is 30.9 Å². The highest BCUT2D eigenvalue weighted by Gasteiger charge is 2.27. The molecule has 0 spiro atoms. The minimum Gasteiger partial charge on any atom is -0.459 e. The highest BCUT2D eigenvalue weighted by molar-refractivity contribution is 7.52. The Labute approximate surface area is 216 Å². The molecule has 6 aromatic rings. The number of hydrogen-bond acceptors (Lipinski definition) is 11. The van der Waals surface area contributed by atoms with Gasteiger partial charge in [-0.3, -0.25) is 0 Å². The molecule has 0 fully saturated rings. The van der Waals surface area contributed by atoms with Crippen LogP contribution in [0, 0.1) is 11.6 Å². The average molecular weight is 553 g/mol. The van der Waals surface area contributed by atoms with Gasteiger partial charge in [0, 0.05) is 11.1 Å². The van der Waals surface area contributed by atoms with Gasteiger partial charge in [0.05, 0.1) is 12.5 Å². The van der Waals surface area contributed by atoms with Gasteiger partial charge < -0.3 is 26.7 Å². The lowest BCUT2D eigenvalue weighted by atomic mass is 10.2. The van der Waals surface area contributed by atoms with Gasteiger partial charge in [-0.05, 0) is 60.7 Å². The van der Waals surface area contributed by atoms with Crippen LogP contribution in [-0.2, 0) is 4.57 Å². The van der Waals surface area contributed by atoms with Crippen molar-refractivity contribution in [3.05, 3.63) is 84.8 Å². The lowest BCUT2D eigenvalue weighted by molar-refractivity contribution is 0.368. The first-order chi connectivity index (χ1) is 18.8. The Morgan fingerprint density at radius 2 is 1.10 bits per heavy atom. The SMILES string of the molecule is NP(=O)(Oc1cc(-c2nnc(-c3ccco3)o2)ccc1F)Oc1cc(-c2nnc(-c3ccco3)o2)ccc1F. The van der Waals surface area contributed by atoms with Crippen molar-refractivity contribution < 1.29 is 40.1 Å². The quantitative estimate of drug-likeness (QED) is 0.215. The van der Waals surface area contributed by atoms with Gasteiger partial charge in [0.1, 0.15) is 0 Å². The molecule has 39 heavy (non-hydrogen) atoms. The van der Waals surface area contributed by atoms with Gasteiger partial charge in [0.15, 0.2) is 34.7 Å². The summed E-state index contributed by atoms with van der Waals surface area (Å²) in [5.74, 6) is -2.17. The van der Waals surface area contributed by atoms with Crippen molar-refractivity contribution in [1.82, 2.24) is 20.4 Å². The summed E-state index contributed by atoms with van der Waals surface area (Å²) in [6.07, 6.45) is 2.86. The van der Waals surface area contributed by atoms with Crippen LogP contribution >= 0.6 is 7.75 Å². The van der Waals surface area contributed by atoms with E-state index >= 15 is 0 Å². The number of aromatic nitrogens is 4. The van der Waals surface area contributed by atoms with Crippen LogP contribution in [0.15, 0.2) is 90.9 Å². The standard InChI is InChI=1S/C24H14F2N5O7P/c25-15-7-5-13(21-28-30-23(35-21)17-3-1-9-33-17)11-19(15)37-39(27,32)38-20-12-14(6-8-16(20)26)22-29-31-24(36-22)18-4-2-10-34-18/h1-12H,(H2,27,32). The summed E-state index contributed by atoms with van der Waals surface area (Å²) in [4.78, 5) is 0. The van der Waals surface area contributed by atoms with Gasteiger partial charge in [0.25, 0.3) is 11.8 Å². The molecular formula is C24H14F2N5O7P. The summed E-state index contributed by atoms with van der Waals surface area (Å²) < 4.78 is 73.7. The summed E-state index contributed by atoms with van der Waals surface area (Å²) in [5.41, 5.74) is 6.12. The Balaban J connectivity index is 1.23. The zero-order chi connectivity index (χ0) is 27.0. The van der Waals surface area contributed by atoms with Gasteiger partial charge in [-0.25, -0.2) is 18.9 Å². The van der Waals surface area contributed by atoms with Crippen LogP contribution in [0.3, 0.4) is 0 Å². The summed E-state index contributed by atoms with van der Waals surface area (Å²) in [7, 11) is -4.62. The molecule has 196 valence electrons. The molecule has 2 N–H and O–H groups in total. The number of furan rings is 2. The smallest absolute Gasteiger partial charge is 0.459 e. The molecule has 12 nitrogen and oxygen atoms in total. The van der Waals surface area contributed by atoms with Crippen LogP contribution in [0.5, 0.6) is 11.5 Å². The second-order valence-electron chi connectivity index (χ2n) is 7.79. The third-order valence-corrected chi connectivity index (χ3v) is 6.02. The Morgan fingerprint density at radius 1 is 0.667 bits per heavy atom. The van der Waals surface area contributed by atoms with E-state index in [1.54, 1.807) is 24.3 Å². The van der Waals surface area contributed by atoms with Crippen molar-refractivity contribution in [1.29, 1.82) is 0 Å². The first-order valence-electron chi connectivity index (χ1n) is 11.0. The molecule has 2 aromatic carbocycles. The molecule has 6 rings (SSSR count). The predicted octanol–water partition coefficient (Wildman–Crippen LogP) is 6.11. The minimum absolute atomic E-state index is 0.00811. The Kier molecular flexibility index (Phi) is 6.02. The number of halogens is 2. The van der Waals surface area contributed by atoms with Gasteiger partial charge in [-0.15, -0.1) is 20.4 Å². The molecule has 0 atom stereocenters. The Morgan fingerprint density at radius 3 is 1.51 bits per heavy atom. The first-order valence-corrected chi connectivity index (χ1v) is 12.6. The van der Waals surface area contributed by atoms with Gasteiger partial charge >= 0.3 is 7.75 Å².